The average molecular weight is 347 g/mol. The molecule has 1 saturated carbocycles. The summed E-state index contributed by atoms with van der Waals surface area (Å²) in [6.45, 7) is 1.85. The van der Waals surface area contributed by atoms with E-state index in [0.717, 1.165) is 16.9 Å². The Balaban J connectivity index is 0.00000169. The number of hydrogen-bond acceptors (Lipinski definition) is 6. The summed E-state index contributed by atoms with van der Waals surface area (Å²) in [7, 11) is 0. The first-order valence-corrected chi connectivity index (χ1v) is 7.71. The van der Waals surface area contributed by atoms with E-state index in [1.54, 1.807) is 10.9 Å². The van der Waals surface area contributed by atoms with Gasteiger partial charge >= 0.3 is 0 Å². The van der Waals surface area contributed by atoms with Crippen LogP contribution in [0.25, 0.3) is 16.9 Å². The lowest BCUT2D eigenvalue weighted by Crippen LogP contribution is -2.28. The smallest absolute Gasteiger partial charge is 0.174 e. The lowest BCUT2D eigenvalue weighted by Gasteiger charge is -2.10. The van der Waals surface area contributed by atoms with Crippen LogP contribution in [0.15, 0.2) is 30.5 Å². The fourth-order valence-electron chi connectivity index (χ4n) is 3.17. The maximum Gasteiger partial charge on any atom is 0.174 e. The standard InChI is InChI=1S/C16H18N6O.ClH/c1-9-19-16(10-6-11(17)14(23)7-10)22(21-9)15-8-18-12-4-2-3-5-13(12)20-15;/h2-5,8,10-11,14,23H,6-7,17H2,1H3;1H/t10-,11+,14+;/m0./s1. The highest BCUT2D eigenvalue weighted by molar-refractivity contribution is 5.85. The van der Waals surface area contributed by atoms with Gasteiger partial charge in [0.25, 0.3) is 0 Å². The van der Waals surface area contributed by atoms with Crippen molar-refractivity contribution in [2.45, 2.75) is 37.8 Å². The predicted octanol–water partition coefficient (Wildman–Crippen LogP) is 1.51. The van der Waals surface area contributed by atoms with Gasteiger partial charge < -0.3 is 10.8 Å². The van der Waals surface area contributed by atoms with Crippen LogP contribution in [-0.4, -0.2) is 42.0 Å². The van der Waals surface area contributed by atoms with Crippen LogP contribution in [0.4, 0.5) is 0 Å². The van der Waals surface area contributed by atoms with Crippen LogP contribution in [0, 0.1) is 6.92 Å². The van der Waals surface area contributed by atoms with Crippen molar-refractivity contribution < 1.29 is 5.11 Å². The zero-order valence-corrected chi connectivity index (χ0v) is 14.0. The molecular weight excluding hydrogens is 328 g/mol. The first-order chi connectivity index (χ1) is 11.1. The average Bonchev–Trinajstić information content (AvgIpc) is 3.10. The van der Waals surface area contributed by atoms with Gasteiger partial charge in [0, 0.05) is 12.0 Å². The number of halogens is 1. The fraction of sp³-hybridized carbons (Fsp3) is 0.375. The Morgan fingerprint density at radius 3 is 2.62 bits per heavy atom. The molecule has 3 atom stereocenters. The van der Waals surface area contributed by atoms with Crippen LogP contribution in [0.3, 0.4) is 0 Å². The molecule has 2 aromatic heterocycles. The van der Waals surface area contributed by atoms with E-state index in [1.807, 2.05) is 31.2 Å². The van der Waals surface area contributed by atoms with Gasteiger partial charge in [0.15, 0.2) is 5.82 Å². The maximum absolute atomic E-state index is 9.93. The molecule has 24 heavy (non-hydrogen) atoms. The molecule has 1 fully saturated rings. The number of benzene rings is 1. The van der Waals surface area contributed by atoms with Gasteiger partial charge in [-0.3, -0.25) is 4.98 Å². The molecule has 3 aromatic rings. The second-order valence-electron chi connectivity index (χ2n) is 6.05. The molecule has 8 heteroatoms. The van der Waals surface area contributed by atoms with Crippen molar-refractivity contribution in [2.75, 3.05) is 0 Å². The third-order valence-electron chi connectivity index (χ3n) is 4.33. The van der Waals surface area contributed by atoms with E-state index in [1.165, 1.54) is 0 Å². The zero-order valence-electron chi connectivity index (χ0n) is 13.2. The Kier molecular flexibility index (Phi) is 4.49. The van der Waals surface area contributed by atoms with Crippen molar-refractivity contribution >= 4 is 23.4 Å². The second-order valence-corrected chi connectivity index (χ2v) is 6.05. The molecule has 7 nitrogen and oxygen atoms in total. The maximum atomic E-state index is 9.93. The third-order valence-corrected chi connectivity index (χ3v) is 4.33. The molecule has 1 aromatic carbocycles. The van der Waals surface area contributed by atoms with E-state index >= 15 is 0 Å². The summed E-state index contributed by atoms with van der Waals surface area (Å²) in [5.74, 6) is 2.17. The molecule has 0 aliphatic heterocycles. The highest BCUT2D eigenvalue weighted by atomic mass is 35.5. The number of nitrogens with zero attached hydrogens (tertiary/aromatic N) is 5. The molecule has 126 valence electrons. The minimum Gasteiger partial charge on any atom is -0.391 e. The van der Waals surface area contributed by atoms with E-state index in [4.69, 9.17) is 5.73 Å². The summed E-state index contributed by atoms with van der Waals surface area (Å²) in [5.41, 5.74) is 7.59. The van der Waals surface area contributed by atoms with Crippen LogP contribution in [0.2, 0.25) is 0 Å². The van der Waals surface area contributed by atoms with E-state index in [9.17, 15) is 5.11 Å². The molecule has 0 amide bonds. The Morgan fingerprint density at radius 1 is 1.17 bits per heavy atom. The molecule has 1 aliphatic carbocycles. The number of rotatable bonds is 2. The number of para-hydroxylation sites is 2. The van der Waals surface area contributed by atoms with Gasteiger partial charge in [-0.2, -0.15) is 4.68 Å². The van der Waals surface area contributed by atoms with Gasteiger partial charge in [0.2, 0.25) is 0 Å². The molecular formula is C16H19ClN6O. The van der Waals surface area contributed by atoms with Crippen molar-refractivity contribution in [3.8, 4) is 5.82 Å². The lowest BCUT2D eigenvalue weighted by atomic mass is 10.1. The Hall–Kier alpha value is -2.09. The molecule has 0 radical (unpaired) electrons. The van der Waals surface area contributed by atoms with Gasteiger partial charge in [0.05, 0.1) is 23.3 Å². The van der Waals surface area contributed by atoms with E-state index < -0.39 is 6.10 Å². The Labute approximate surface area is 145 Å². The Morgan fingerprint density at radius 2 is 1.92 bits per heavy atom. The third kappa shape index (κ3) is 2.86. The van der Waals surface area contributed by atoms with Crippen molar-refractivity contribution in [1.29, 1.82) is 0 Å². The first-order valence-electron chi connectivity index (χ1n) is 7.71. The molecule has 4 rings (SSSR count). The number of aromatic nitrogens is 5. The quantitative estimate of drug-likeness (QED) is 0.729. The normalized spacial score (nSPS) is 23.4. The Bertz CT molecular complexity index is 857. The first kappa shape index (κ1) is 16.8. The zero-order chi connectivity index (χ0) is 16.0. The highest BCUT2D eigenvalue weighted by Crippen LogP contribution is 2.33. The van der Waals surface area contributed by atoms with Crippen molar-refractivity contribution in [3.05, 3.63) is 42.1 Å². The number of fused-ring (bicyclic) bond motifs is 1. The molecule has 1 aliphatic rings. The second kappa shape index (κ2) is 6.43. The van der Waals surface area contributed by atoms with Crippen molar-refractivity contribution in [1.82, 2.24) is 24.7 Å². The van der Waals surface area contributed by atoms with Crippen LogP contribution < -0.4 is 5.73 Å². The number of hydrogen-bond donors (Lipinski definition) is 2. The van der Waals surface area contributed by atoms with Gasteiger partial charge in [-0.1, -0.05) is 12.1 Å². The van der Waals surface area contributed by atoms with Gasteiger partial charge in [-0.25, -0.2) is 9.97 Å². The molecule has 0 saturated heterocycles. The van der Waals surface area contributed by atoms with Gasteiger partial charge in [0.1, 0.15) is 11.6 Å². The summed E-state index contributed by atoms with van der Waals surface area (Å²) in [6.07, 6.45) is 2.50. The highest BCUT2D eigenvalue weighted by Gasteiger charge is 2.34. The van der Waals surface area contributed by atoms with Crippen LogP contribution in [-0.2, 0) is 0 Å². The number of nitrogens with two attached hydrogens (primary N) is 1. The summed E-state index contributed by atoms with van der Waals surface area (Å²) in [4.78, 5) is 13.6. The minimum absolute atomic E-state index is 0. The van der Waals surface area contributed by atoms with Crippen molar-refractivity contribution in [2.24, 2.45) is 5.73 Å². The summed E-state index contributed by atoms with van der Waals surface area (Å²) >= 11 is 0. The van der Waals surface area contributed by atoms with Gasteiger partial charge in [-0.05, 0) is 31.9 Å². The SMILES string of the molecule is Cc1nc([C@H]2C[C@@H](N)[C@H](O)C2)n(-c2cnc3ccccc3n2)n1.Cl. The number of aliphatic hydroxyl groups is 1. The fourth-order valence-corrected chi connectivity index (χ4v) is 3.17. The van der Waals surface area contributed by atoms with Crippen LogP contribution in [0.1, 0.15) is 30.4 Å². The topological polar surface area (TPSA) is 103 Å². The predicted molar refractivity (Wildman–Crippen MR) is 92.4 cm³/mol. The lowest BCUT2D eigenvalue weighted by molar-refractivity contribution is 0.163. The molecule has 3 N–H and O–H groups in total. The minimum atomic E-state index is -0.492. The van der Waals surface area contributed by atoms with E-state index in [0.29, 0.717) is 24.5 Å². The number of aliphatic hydroxyl groups excluding tert-OH is 1. The van der Waals surface area contributed by atoms with E-state index in [2.05, 4.69) is 20.1 Å². The largest absolute Gasteiger partial charge is 0.391 e. The monoisotopic (exact) mass is 346 g/mol. The molecule has 0 unspecified atom stereocenters. The molecule has 0 bridgehead atoms. The van der Waals surface area contributed by atoms with Crippen LogP contribution >= 0.6 is 12.4 Å². The molecule has 0 spiro atoms. The number of aryl methyl sites for hydroxylation is 1. The van der Waals surface area contributed by atoms with Gasteiger partial charge in [-0.15, -0.1) is 17.5 Å². The summed E-state index contributed by atoms with van der Waals surface area (Å²) in [5, 5.41) is 14.4. The summed E-state index contributed by atoms with van der Waals surface area (Å²) in [6, 6.07) is 7.49. The van der Waals surface area contributed by atoms with Crippen LogP contribution in [0.5, 0.6) is 0 Å². The summed E-state index contributed by atoms with van der Waals surface area (Å²) < 4.78 is 1.73. The molecule has 2 heterocycles. The van der Waals surface area contributed by atoms with E-state index in [-0.39, 0.29) is 24.4 Å². The van der Waals surface area contributed by atoms with Crippen molar-refractivity contribution in [3.63, 3.8) is 0 Å².